The average Bonchev–Trinajstić information content (AvgIpc) is 2.55. The van der Waals surface area contributed by atoms with Crippen molar-refractivity contribution in [3.63, 3.8) is 0 Å². The van der Waals surface area contributed by atoms with E-state index in [0.717, 1.165) is 16.9 Å². The second-order valence-corrected chi connectivity index (χ2v) is 5.83. The largest absolute Gasteiger partial charge is 0.342 e. The molecule has 0 radical (unpaired) electrons. The highest BCUT2D eigenvalue weighted by Crippen LogP contribution is 2.15. The molecule has 0 spiro atoms. The fourth-order valence-corrected chi connectivity index (χ4v) is 2.54. The van der Waals surface area contributed by atoms with Crippen molar-refractivity contribution < 1.29 is 9.59 Å². The smallest absolute Gasteiger partial charge is 0.254 e. The Bertz CT molecular complexity index is 769. The number of carbonyl (C=O) groups is 2. The Balaban J connectivity index is 2.21. The van der Waals surface area contributed by atoms with Crippen LogP contribution in [0.25, 0.3) is 11.0 Å². The maximum absolute atomic E-state index is 12.6. The van der Waals surface area contributed by atoms with Crippen LogP contribution in [0.4, 0.5) is 0 Å². The van der Waals surface area contributed by atoms with E-state index in [-0.39, 0.29) is 18.4 Å². The number of hydrogen-bond donors (Lipinski definition) is 0. The number of hydrogen-bond acceptors (Lipinski definition) is 4. The zero-order valence-electron chi connectivity index (χ0n) is 15.0. The van der Waals surface area contributed by atoms with Crippen molar-refractivity contribution in [3.8, 4) is 0 Å². The highest BCUT2D eigenvalue weighted by molar-refractivity contribution is 5.98. The summed E-state index contributed by atoms with van der Waals surface area (Å²) in [6.07, 6.45) is 0. The summed E-state index contributed by atoms with van der Waals surface area (Å²) in [5.41, 5.74) is 3.68. The molecule has 0 bridgehead atoms. The van der Waals surface area contributed by atoms with Crippen LogP contribution in [-0.4, -0.2) is 58.3 Å². The van der Waals surface area contributed by atoms with Gasteiger partial charge in [0, 0.05) is 25.7 Å². The van der Waals surface area contributed by atoms with Gasteiger partial charge in [0.05, 0.1) is 29.0 Å². The highest BCUT2D eigenvalue weighted by Gasteiger charge is 2.18. The first-order chi connectivity index (χ1) is 11.4. The Labute approximate surface area is 142 Å². The summed E-state index contributed by atoms with van der Waals surface area (Å²) in [5.74, 6) is -0.250. The predicted octanol–water partition coefficient (Wildman–Crippen LogP) is 2.19. The number of amides is 2. The first-order valence-corrected chi connectivity index (χ1v) is 8.15. The van der Waals surface area contributed by atoms with Gasteiger partial charge >= 0.3 is 0 Å². The van der Waals surface area contributed by atoms with E-state index < -0.39 is 0 Å². The van der Waals surface area contributed by atoms with Crippen molar-refractivity contribution in [2.75, 3.05) is 26.7 Å². The third-order valence-electron chi connectivity index (χ3n) is 4.16. The fraction of sp³-hybridized carbons (Fsp3) is 0.444. The molecule has 0 fully saturated rings. The Kier molecular flexibility index (Phi) is 5.49. The molecule has 1 aromatic heterocycles. The van der Waals surface area contributed by atoms with Gasteiger partial charge in [-0.2, -0.15) is 0 Å². The minimum absolute atomic E-state index is 0.0529. The summed E-state index contributed by atoms with van der Waals surface area (Å²) in [6.45, 7) is 9.00. The number of rotatable bonds is 5. The number of likely N-dealkylation sites (N-methyl/N-ethyl adjacent to an activating group) is 2. The zero-order valence-corrected chi connectivity index (χ0v) is 15.0. The van der Waals surface area contributed by atoms with Crippen LogP contribution in [0.3, 0.4) is 0 Å². The summed E-state index contributed by atoms with van der Waals surface area (Å²) < 4.78 is 0. The number of fused-ring (bicyclic) bond motifs is 1. The van der Waals surface area contributed by atoms with Gasteiger partial charge in [-0.15, -0.1) is 0 Å². The van der Waals surface area contributed by atoms with E-state index >= 15 is 0 Å². The minimum atomic E-state index is -0.197. The molecule has 0 N–H and O–H groups in total. The molecule has 6 heteroatoms. The lowest BCUT2D eigenvalue weighted by atomic mass is 10.1. The molecule has 2 amide bonds. The van der Waals surface area contributed by atoms with Gasteiger partial charge in [-0.3, -0.25) is 9.59 Å². The summed E-state index contributed by atoms with van der Waals surface area (Å²) >= 11 is 0. The first kappa shape index (κ1) is 17.8. The lowest BCUT2D eigenvalue weighted by molar-refractivity contribution is -0.131. The third-order valence-corrected chi connectivity index (χ3v) is 4.16. The van der Waals surface area contributed by atoms with Crippen molar-refractivity contribution in [1.82, 2.24) is 19.8 Å². The summed E-state index contributed by atoms with van der Waals surface area (Å²) in [7, 11) is 1.64. The third kappa shape index (κ3) is 3.69. The van der Waals surface area contributed by atoms with E-state index in [1.807, 2.05) is 27.7 Å². The SMILES string of the molecule is CCN(CC)C(=O)CN(C)C(=O)c1ccc2nc(C)c(C)nc2c1. The first-order valence-electron chi connectivity index (χ1n) is 8.15. The highest BCUT2D eigenvalue weighted by atomic mass is 16.2. The molecule has 0 saturated carbocycles. The zero-order chi connectivity index (χ0) is 17.9. The maximum Gasteiger partial charge on any atom is 0.254 e. The molecule has 0 atom stereocenters. The molecule has 0 saturated heterocycles. The van der Waals surface area contributed by atoms with Crippen LogP contribution >= 0.6 is 0 Å². The molecule has 0 aliphatic heterocycles. The topological polar surface area (TPSA) is 66.4 Å². The van der Waals surface area contributed by atoms with Crippen molar-refractivity contribution in [2.45, 2.75) is 27.7 Å². The lowest BCUT2D eigenvalue weighted by Crippen LogP contribution is -2.41. The lowest BCUT2D eigenvalue weighted by Gasteiger charge is -2.23. The number of nitrogens with zero attached hydrogens (tertiary/aromatic N) is 4. The van der Waals surface area contributed by atoms with E-state index in [0.29, 0.717) is 24.2 Å². The number of benzene rings is 1. The Morgan fingerprint density at radius 1 is 1.00 bits per heavy atom. The van der Waals surface area contributed by atoms with Gasteiger partial charge in [0.15, 0.2) is 0 Å². The van der Waals surface area contributed by atoms with Crippen LogP contribution in [0, 0.1) is 13.8 Å². The van der Waals surface area contributed by atoms with E-state index in [9.17, 15) is 9.59 Å². The molecule has 2 aromatic rings. The van der Waals surface area contributed by atoms with E-state index in [1.54, 1.807) is 30.1 Å². The van der Waals surface area contributed by atoms with E-state index in [4.69, 9.17) is 0 Å². The normalized spacial score (nSPS) is 10.7. The Morgan fingerprint density at radius 2 is 1.58 bits per heavy atom. The van der Waals surface area contributed by atoms with Crippen LogP contribution in [-0.2, 0) is 4.79 Å². The molecule has 128 valence electrons. The van der Waals surface area contributed by atoms with Crippen molar-refractivity contribution in [3.05, 3.63) is 35.2 Å². The predicted molar refractivity (Wildman–Crippen MR) is 93.9 cm³/mol. The number of carbonyl (C=O) groups excluding carboxylic acids is 2. The standard InChI is InChI=1S/C18H24N4O2/c1-6-22(7-2)17(23)11-21(5)18(24)14-8-9-15-16(10-14)20-13(4)12(3)19-15/h8-10H,6-7,11H2,1-5H3. The quantitative estimate of drug-likeness (QED) is 0.844. The molecular formula is C18H24N4O2. The van der Waals surface area contributed by atoms with Gasteiger partial charge in [-0.05, 0) is 45.9 Å². The van der Waals surface area contributed by atoms with Crippen molar-refractivity contribution >= 4 is 22.8 Å². The summed E-state index contributed by atoms with van der Waals surface area (Å²) in [4.78, 5) is 36.8. The van der Waals surface area contributed by atoms with Gasteiger partial charge in [0.2, 0.25) is 5.91 Å². The van der Waals surface area contributed by atoms with Crippen LogP contribution < -0.4 is 0 Å². The van der Waals surface area contributed by atoms with Gasteiger partial charge in [0.1, 0.15) is 0 Å². The van der Waals surface area contributed by atoms with Crippen LogP contribution in [0.5, 0.6) is 0 Å². The number of aryl methyl sites for hydroxylation is 2. The molecule has 0 aliphatic carbocycles. The van der Waals surface area contributed by atoms with Gasteiger partial charge < -0.3 is 9.80 Å². The van der Waals surface area contributed by atoms with Gasteiger partial charge in [0.25, 0.3) is 5.91 Å². The molecule has 1 aromatic carbocycles. The molecule has 24 heavy (non-hydrogen) atoms. The monoisotopic (exact) mass is 328 g/mol. The molecule has 1 heterocycles. The molecule has 6 nitrogen and oxygen atoms in total. The van der Waals surface area contributed by atoms with Crippen LogP contribution in [0.15, 0.2) is 18.2 Å². The van der Waals surface area contributed by atoms with E-state index in [2.05, 4.69) is 9.97 Å². The second kappa shape index (κ2) is 7.38. The maximum atomic E-state index is 12.6. The molecule has 0 aliphatic rings. The van der Waals surface area contributed by atoms with E-state index in [1.165, 1.54) is 4.90 Å². The minimum Gasteiger partial charge on any atom is -0.342 e. The van der Waals surface area contributed by atoms with Crippen molar-refractivity contribution in [2.24, 2.45) is 0 Å². The average molecular weight is 328 g/mol. The fourth-order valence-electron chi connectivity index (χ4n) is 2.54. The Hall–Kier alpha value is -2.50. The summed E-state index contributed by atoms with van der Waals surface area (Å²) in [6, 6.07) is 5.25. The molecular weight excluding hydrogens is 304 g/mol. The van der Waals surface area contributed by atoms with Crippen molar-refractivity contribution in [1.29, 1.82) is 0 Å². The number of aromatic nitrogens is 2. The van der Waals surface area contributed by atoms with Crippen LogP contribution in [0.2, 0.25) is 0 Å². The summed E-state index contributed by atoms with van der Waals surface area (Å²) in [5, 5.41) is 0. The van der Waals surface area contributed by atoms with Gasteiger partial charge in [-0.1, -0.05) is 0 Å². The Morgan fingerprint density at radius 3 is 2.17 bits per heavy atom. The second-order valence-electron chi connectivity index (χ2n) is 5.83. The van der Waals surface area contributed by atoms with Crippen LogP contribution in [0.1, 0.15) is 35.6 Å². The van der Waals surface area contributed by atoms with Gasteiger partial charge in [-0.25, -0.2) is 9.97 Å². The molecule has 0 unspecified atom stereocenters. The molecule has 2 rings (SSSR count).